The van der Waals surface area contributed by atoms with Crippen LogP contribution >= 0.6 is 0 Å². The zero-order valence-corrected chi connectivity index (χ0v) is 16.5. The highest BCUT2D eigenvalue weighted by Crippen LogP contribution is 2.46. The first-order valence-corrected chi connectivity index (χ1v) is 9.69. The van der Waals surface area contributed by atoms with Crippen molar-refractivity contribution in [3.8, 4) is 5.75 Å². The van der Waals surface area contributed by atoms with Crippen LogP contribution in [0.25, 0.3) is 11.0 Å². The molecule has 5 nitrogen and oxygen atoms in total. The van der Waals surface area contributed by atoms with Crippen LogP contribution in [0.15, 0.2) is 89.5 Å². The smallest absolute Gasteiger partial charge is 0.341 e. The second-order valence-electron chi connectivity index (χ2n) is 7.18. The molecule has 0 aliphatic rings. The van der Waals surface area contributed by atoms with E-state index < -0.39 is 24.1 Å². The van der Waals surface area contributed by atoms with E-state index in [4.69, 9.17) is 14.3 Å². The Morgan fingerprint density at radius 2 is 1.57 bits per heavy atom. The Kier molecular flexibility index (Phi) is 5.29. The summed E-state index contributed by atoms with van der Waals surface area (Å²) in [4.78, 5) is 10.9. The fourth-order valence-electron chi connectivity index (χ4n) is 4.18. The van der Waals surface area contributed by atoms with Gasteiger partial charge in [-0.3, -0.25) is 0 Å². The minimum absolute atomic E-state index is 0.349. The van der Waals surface area contributed by atoms with Gasteiger partial charge in [0.2, 0.25) is 0 Å². The van der Waals surface area contributed by atoms with Crippen LogP contribution in [-0.4, -0.2) is 28.9 Å². The van der Waals surface area contributed by atoms with Gasteiger partial charge in [0.1, 0.15) is 0 Å². The fourth-order valence-corrected chi connectivity index (χ4v) is 4.18. The Labute approximate surface area is 174 Å². The predicted molar refractivity (Wildman–Crippen MR) is 114 cm³/mol. The Morgan fingerprint density at radius 1 is 0.967 bits per heavy atom. The Bertz CT molecular complexity index is 1110. The lowest BCUT2D eigenvalue weighted by atomic mass is 9.66. The molecule has 3 aromatic carbocycles. The van der Waals surface area contributed by atoms with Gasteiger partial charge in [-0.15, -0.1) is 0 Å². The van der Waals surface area contributed by atoms with Crippen LogP contribution in [0.3, 0.4) is 0 Å². The number of hydrogen-bond donors (Lipinski definition) is 2. The van der Waals surface area contributed by atoms with Crippen molar-refractivity contribution in [1.82, 2.24) is 0 Å². The normalized spacial score (nSPS) is 12.6. The first kappa shape index (κ1) is 19.7. The van der Waals surface area contributed by atoms with Gasteiger partial charge in [0.25, 0.3) is 0 Å². The van der Waals surface area contributed by atoms with Crippen LogP contribution in [0.5, 0.6) is 5.75 Å². The zero-order valence-electron chi connectivity index (χ0n) is 16.5. The molecule has 0 aliphatic carbocycles. The van der Waals surface area contributed by atoms with E-state index in [2.05, 4.69) is 0 Å². The molecule has 0 bridgehead atoms. The molecular weight excluding hydrogens is 380 g/mol. The number of hydrogen-bond acceptors (Lipinski definition) is 4. The van der Waals surface area contributed by atoms with Crippen molar-refractivity contribution in [3.05, 3.63) is 102 Å². The lowest BCUT2D eigenvalue weighted by Gasteiger charge is -2.37. The van der Waals surface area contributed by atoms with E-state index in [-0.39, 0.29) is 0 Å². The maximum atomic E-state index is 11.2. The van der Waals surface area contributed by atoms with Crippen LogP contribution in [0.4, 0.5) is 0 Å². The summed E-state index contributed by atoms with van der Waals surface area (Å²) < 4.78 is 11.3. The maximum Gasteiger partial charge on any atom is 0.341 e. The Hall–Kier alpha value is -3.57. The summed E-state index contributed by atoms with van der Waals surface area (Å²) in [6.45, 7) is 1.30. The molecule has 0 fully saturated rings. The van der Waals surface area contributed by atoms with E-state index in [0.717, 1.165) is 22.1 Å². The maximum absolute atomic E-state index is 11.2. The van der Waals surface area contributed by atoms with Gasteiger partial charge in [0, 0.05) is 10.9 Å². The third kappa shape index (κ3) is 3.23. The number of benzene rings is 3. The van der Waals surface area contributed by atoms with Crippen LogP contribution < -0.4 is 4.74 Å². The highest BCUT2D eigenvalue weighted by atomic mass is 16.5. The fraction of sp³-hybridized carbons (Fsp3) is 0.160. The number of para-hydroxylation sites is 1. The number of fused-ring (bicyclic) bond motifs is 1. The lowest BCUT2D eigenvalue weighted by Crippen LogP contribution is -2.40. The third-order valence-electron chi connectivity index (χ3n) is 5.42. The molecule has 2 N–H and O–H groups in total. The van der Waals surface area contributed by atoms with Crippen LogP contribution in [0.1, 0.15) is 23.6 Å². The molecule has 4 rings (SSSR count). The number of ether oxygens (including phenoxy) is 1. The van der Waals surface area contributed by atoms with Crippen molar-refractivity contribution in [1.29, 1.82) is 0 Å². The number of aliphatic carboxylic acids is 1. The molecular formula is C25H22O5. The molecule has 1 heterocycles. The summed E-state index contributed by atoms with van der Waals surface area (Å²) in [5.74, 6) is -0.715. The Balaban J connectivity index is 2.00. The topological polar surface area (TPSA) is 79.9 Å². The van der Waals surface area contributed by atoms with Gasteiger partial charge in [0.15, 0.2) is 17.9 Å². The molecule has 0 amide bonds. The van der Waals surface area contributed by atoms with Gasteiger partial charge in [-0.2, -0.15) is 0 Å². The van der Waals surface area contributed by atoms with E-state index in [9.17, 15) is 9.90 Å². The number of carboxylic acid groups (broad SMARTS) is 1. The van der Waals surface area contributed by atoms with Crippen molar-refractivity contribution in [2.75, 3.05) is 6.61 Å². The van der Waals surface area contributed by atoms with Gasteiger partial charge >= 0.3 is 5.97 Å². The summed E-state index contributed by atoms with van der Waals surface area (Å²) in [7, 11) is 0. The van der Waals surface area contributed by atoms with Crippen LogP contribution in [0, 0.1) is 0 Å². The first-order valence-electron chi connectivity index (χ1n) is 9.69. The average molecular weight is 402 g/mol. The molecule has 4 aromatic rings. The quantitative estimate of drug-likeness (QED) is 0.472. The molecule has 30 heavy (non-hydrogen) atoms. The molecule has 5 heteroatoms. The molecule has 0 spiro atoms. The van der Waals surface area contributed by atoms with Gasteiger partial charge in [-0.1, -0.05) is 72.8 Å². The second kappa shape index (κ2) is 8.05. The van der Waals surface area contributed by atoms with Crippen molar-refractivity contribution < 1.29 is 24.2 Å². The minimum Gasteiger partial charge on any atom is -0.479 e. The summed E-state index contributed by atoms with van der Waals surface area (Å²) in [5.41, 5.74) is 2.19. The van der Waals surface area contributed by atoms with Gasteiger partial charge < -0.3 is 19.4 Å². The van der Waals surface area contributed by atoms with E-state index in [1.54, 1.807) is 25.3 Å². The summed E-state index contributed by atoms with van der Waals surface area (Å²) >= 11 is 0. The number of carbonyl (C=O) groups is 1. The van der Waals surface area contributed by atoms with E-state index >= 15 is 0 Å². The summed E-state index contributed by atoms with van der Waals surface area (Å²) in [5, 5.41) is 20.9. The van der Waals surface area contributed by atoms with Crippen LogP contribution in [-0.2, 0) is 10.2 Å². The molecule has 1 aromatic heterocycles. The average Bonchev–Trinajstić information content (AvgIpc) is 3.19. The molecule has 1 atom stereocenters. The molecule has 0 saturated heterocycles. The largest absolute Gasteiger partial charge is 0.479 e. The van der Waals surface area contributed by atoms with Gasteiger partial charge in [-0.05, 0) is 24.1 Å². The van der Waals surface area contributed by atoms with E-state index in [1.165, 1.54) is 0 Å². The molecule has 0 radical (unpaired) electrons. The Morgan fingerprint density at radius 3 is 2.10 bits per heavy atom. The number of carboxylic acids is 1. The second-order valence-corrected chi connectivity index (χ2v) is 7.18. The van der Waals surface area contributed by atoms with Gasteiger partial charge in [-0.25, -0.2) is 4.79 Å². The van der Waals surface area contributed by atoms with E-state index in [1.807, 2.05) is 66.7 Å². The van der Waals surface area contributed by atoms with Crippen molar-refractivity contribution in [2.45, 2.75) is 18.4 Å². The zero-order chi connectivity index (χ0) is 21.1. The third-order valence-corrected chi connectivity index (χ3v) is 5.42. The SMILES string of the molecule is CC(O)C(c1ccccc1)(c1ccccc1)c1coc2c(OCC(=O)O)cccc12. The van der Waals surface area contributed by atoms with Crippen LogP contribution in [0.2, 0.25) is 0 Å². The standard InChI is InChI=1S/C25H22O5/c1-17(26)25(18-9-4-2-5-10-18,19-11-6-3-7-12-19)21-15-30-24-20(21)13-8-14-22(24)29-16-23(27)28/h2-15,17,26H,16H2,1H3,(H,27,28). The number of rotatable bonds is 7. The molecule has 0 saturated carbocycles. The number of aliphatic hydroxyl groups is 1. The number of aliphatic hydroxyl groups excluding tert-OH is 1. The molecule has 152 valence electrons. The van der Waals surface area contributed by atoms with Crippen molar-refractivity contribution in [3.63, 3.8) is 0 Å². The molecule has 1 unspecified atom stereocenters. The summed E-state index contributed by atoms with van der Waals surface area (Å²) in [6.07, 6.45) is 0.845. The van der Waals surface area contributed by atoms with Gasteiger partial charge in [0.05, 0.1) is 17.8 Å². The van der Waals surface area contributed by atoms with Crippen molar-refractivity contribution >= 4 is 16.9 Å². The number of furan rings is 1. The van der Waals surface area contributed by atoms with E-state index in [0.29, 0.717) is 11.3 Å². The first-order chi connectivity index (χ1) is 14.5. The highest BCUT2D eigenvalue weighted by molar-refractivity contribution is 5.89. The van der Waals surface area contributed by atoms with Crippen molar-refractivity contribution in [2.24, 2.45) is 0 Å². The monoisotopic (exact) mass is 402 g/mol. The summed E-state index contributed by atoms with van der Waals surface area (Å²) in [6, 6.07) is 25.0. The predicted octanol–water partition coefficient (Wildman–Crippen LogP) is 4.61. The minimum atomic E-state index is -1.06. The molecule has 0 aliphatic heterocycles. The lowest BCUT2D eigenvalue weighted by molar-refractivity contribution is -0.139. The highest BCUT2D eigenvalue weighted by Gasteiger charge is 2.43.